The van der Waals surface area contributed by atoms with Crippen LogP contribution in [0.25, 0.3) is 11.3 Å². The molecule has 3 rings (SSSR count). The first-order chi connectivity index (χ1) is 13.3. The first kappa shape index (κ1) is 19.0. The molecule has 5 heteroatoms. The van der Waals surface area contributed by atoms with Crippen molar-refractivity contribution in [1.82, 2.24) is 10.2 Å². The van der Waals surface area contributed by atoms with Crippen LogP contribution in [0.3, 0.4) is 0 Å². The molecule has 1 aromatic heterocycles. The lowest BCUT2D eigenvalue weighted by atomic mass is 9.84. The van der Waals surface area contributed by atoms with E-state index in [0.717, 1.165) is 29.7 Å². The van der Waals surface area contributed by atoms with Gasteiger partial charge in [-0.15, -0.1) is 5.10 Å². The van der Waals surface area contributed by atoms with Gasteiger partial charge in [-0.1, -0.05) is 82.2 Å². The molecule has 0 radical (unpaired) electrons. The summed E-state index contributed by atoms with van der Waals surface area (Å²) < 4.78 is 5.63. The van der Waals surface area contributed by atoms with Crippen molar-refractivity contribution in [2.75, 3.05) is 0 Å². The van der Waals surface area contributed by atoms with Crippen molar-refractivity contribution in [3.63, 3.8) is 0 Å². The third-order valence-corrected chi connectivity index (χ3v) is 5.22. The summed E-state index contributed by atoms with van der Waals surface area (Å²) in [6, 6.07) is 12.3. The fourth-order valence-electron chi connectivity index (χ4n) is 3.76. The molecule has 1 atom stereocenters. The minimum absolute atomic E-state index is 0.0663. The van der Waals surface area contributed by atoms with E-state index in [9.17, 15) is 5.26 Å². The number of ether oxygens (including phenoxy) is 1. The van der Waals surface area contributed by atoms with Crippen LogP contribution in [0.2, 0.25) is 0 Å². The molecule has 2 aromatic rings. The van der Waals surface area contributed by atoms with Gasteiger partial charge in [0.05, 0.1) is 16.8 Å². The Bertz CT molecular complexity index is 817. The largest absolute Gasteiger partial charge is 0.420 e. The van der Waals surface area contributed by atoms with Crippen LogP contribution in [0.15, 0.2) is 41.8 Å². The van der Waals surface area contributed by atoms with E-state index in [1.165, 1.54) is 38.5 Å². The van der Waals surface area contributed by atoms with Crippen molar-refractivity contribution in [2.24, 2.45) is 5.73 Å². The lowest BCUT2D eigenvalue weighted by molar-refractivity contribution is 0.369. The van der Waals surface area contributed by atoms with Gasteiger partial charge in [-0.2, -0.15) is 5.26 Å². The maximum atomic E-state index is 9.66. The number of nitrogens with zero attached hydrogens (tertiary/aromatic N) is 2. The summed E-state index contributed by atoms with van der Waals surface area (Å²) in [5.41, 5.74) is 9.44. The van der Waals surface area contributed by atoms with E-state index >= 15 is 0 Å². The number of fused-ring (bicyclic) bond motifs is 1. The second-order valence-corrected chi connectivity index (χ2v) is 7.14. The number of rotatable bonds is 9. The number of aromatic amines is 1. The number of H-pyrrole nitrogens is 1. The standard InChI is InChI=1S/C22H28N4O/c1-2-3-4-5-6-7-11-14-17-18(15-23)21(24)27-22-19(17)20(25-26-22)16-12-9-8-10-13-16/h8-10,12-13,17H,2-7,11,14,24H2,1H3,(H,25,26)/t17-/m0/s1. The molecule has 0 spiro atoms. The van der Waals surface area contributed by atoms with E-state index in [1.54, 1.807) is 0 Å². The fraction of sp³-hybridized carbons (Fsp3) is 0.455. The lowest BCUT2D eigenvalue weighted by Crippen LogP contribution is -2.20. The average molecular weight is 364 g/mol. The number of hydrogen-bond acceptors (Lipinski definition) is 4. The van der Waals surface area contributed by atoms with Crippen molar-refractivity contribution in [1.29, 1.82) is 5.26 Å². The van der Waals surface area contributed by atoms with Crippen LogP contribution >= 0.6 is 0 Å². The molecule has 0 aliphatic carbocycles. The minimum atomic E-state index is -0.0663. The Kier molecular flexibility index (Phi) is 6.54. The highest BCUT2D eigenvalue weighted by Crippen LogP contribution is 2.44. The topological polar surface area (TPSA) is 87.7 Å². The monoisotopic (exact) mass is 364 g/mol. The Labute approximate surface area is 161 Å². The van der Waals surface area contributed by atoms with Gasteiger partial charge in [0, 0.05) is 5.92 Å². The van der Waals surface area contributed by atoms with E-state index in [2.05, 4.69) is 23.2 Å². The Hall–Kier alpha value is -2.74. The molecule has 0 bridgehead atoms. The molecule has 0 fully saturated rings. The van der Waals surface area contributed by atoms with Crippen molar-refractivity contribution in [3.05, 3.63) is 47.4 Å². The van der Waals surface area contributed by atoms with Gasteiger partial charge in [-0.3, -0.25) is 5.10 Å². The van der Waals surface area contributed by atoms with E-state index in [1.807, 2.05) is 30.3 Å². The van der Waals surface area contributed by atoms with E-state index in [0.29, 0.717) is 11.5 Å². The summed E-state index contributed by atoms with van der Waals surface area (Å²) in [5.74, 6) is 0.616. The molecule has 0 saturated heterocycles. The molecule has 27 heavy (non-hydrogen) atoms. The van der Waals surface area contributed by atoms with Crippen LogP contribution in [0, 0.1) is 11.3 Å². The molecular weight excluding hydrogens is 336 g/mol. The summed E-state index contributed by atoms with van der Waals surface area (Å²) in [4.78, 5) is 0. The van der Waals surface area contributed by atoms with E-state index in [-0.39, 0.29) is 11.8 Å². The van der Waals surface area contributed by atoms with Crippen LogP contribution in [-0.4, -0.2) is 10.2 Å². The predicted molar refractivity (Wildman–Crippen MR) is 107 cm³/mol. The maximum Gasteiger partial charge on any atom is 0.244 e. The van der Waals surface area contributed by atoms with Gasteiger partial charge in [0.25, 0.3) is 0 Å². The number of benzene rings is 1. The van der Waals surface area contributed by atoms with Gasteiger partial charge in [-0.05, 0) is 12.0 Å². The van der Waals surface area contributed by atoms with Crippen LogP contribution < -0.4 is 10.5 Å². The summed E-state index contributed by atoms with van der Waals surface area (Å²) >= 11 is 0. The molecule has 0 saturated carbocycles. The molecule has 2 heterocycles. The Morgan fingerprint density at radius 1 is 1.11 bits per heavy atom. The number of nitrogens with two attached hydrogens (primary N) is 1. The van der Waals surface area contributed by atoms with Gasteiger partial charge in [0.1, 0.15) is 6.07 Å². The Morgan fingerprint density at radius 3 is 2.52 bits per heavy atom. The number of allylic oxidation sites excluding steroid dienone is 1. The highest BCUT2D eigenvalue weighted by Gasteiger charge is 2.33. The molecule has 0 unspecified atom stereocenters. The van der Waals surface area contributed by atoms with Crippen LogP contribution in [0.1, 0.15) is 69.8 Å². The maximum absolute atomic E-state index is 9.66. The second-order valence-electron chi connectivity index (χ2n) is 7.14. The summed E-state index contributed by atoms with van der Waals surface area (Å²) in [6.07, 6.45) is 9.55. The van der Waals surface area contributed by atoms with E-state index in [4.69, 9.17) is 10.5 Å². The number of unbranched alkanes of at least 4 members (excludes halogenated alkanes) is 6. The van der Waals surface area contributed by atoms with Crippen LogP contribution in [-0.2, 0) is 0 Å². The second kappa shape index (κ2) is 9.27. The Morgan fingerprint density at radius 2 is 1.81 bits per heavy atom. The van der Waals surface area contributed by atoms with Crippen LogP contribution in [0.4, 0.5) is 0 Å². The van der Waals surface area contributed by atoms with Gasteiger partial charge >= 0.3 is 0 Å². The normalized spacial score (nSPS) is 15.9. The van der Waals surface area contributed by atoms with E-state index < -0.39 is 0 Å². The molecule has 142 valence electrons. The summed E-state index contributed by atoms with van der Waals surface area (Å²) in [5, 5.41) is 17.1. The van der Waals surface area contributed by atoms with Crippen molar-refractivity contribution in [3.8, 4) is 23.2 Å². The van der Waals surface area contributed by atoms with Crippen molar-refractivity contribution >= 4 is 0 Å². The zero-order valence-electron chi connectivity index (χ0n) is 16.0. The third kappa shape index (κ3) is 4.33. The van der Waals surface area contributed by atoms with Crippen molar-refractivity contribution < 1.29 is 4.74 Å². The zero-order chi connectivity index (χ0) is 19.1. The number of hydrogen-bond donors (Lipinski definition) is 2. The molecule has 1 aliphatic heterocycles. The van der Waals surface area contributed by atoms with Gasteiger partial charge in [0.2, 0.25) is 11.8 Å². The minimum Gasteiger partial charge on any atom is -0.420 e. The first-order valence-corrected chi connectivity index (χ1v) is 9.97. The van der Waals surface area contributed by atoms with Gasteiger partial charge in [0.15, 0.2) is 0 Å². The zero-order valence-corrected chi connectivity index (χ0v) is 16.0. The predicted octanol–water partition coefficient (Wildman–Crippen LogP) is 5.39. The molecule has 1 aliphatic rings. The number of nitrogens with one attached hydrogen (secondary N) is 1. The fourth-order valence-corrected chi connectivity index (χ4v) is 3.76. The Balaban J connectivity index is 1.76. The molecule has 1 aromatic carbocycles. The first-order valence-electron chi connectivity index (χ1n) is 9.97. The number of nitriles is 1. The molecular formula is C22H28N4O. The molecule has 0 amide bonds. The summed E-state index contributed by atoms with van der Waals surface area (Å²) in [7, 11) is 0. The quantitative estimate of drug-likeness (QED) is 0.584. The average Bonchev–Trinajstić information content (AvgIpc) is 3.11. The SMILES string of the molecule is CCCCCCCCC[C@H]1C(C#N)=C(N)Oc2n[nH]c(-c3ccccc3)c21. The molecule has 3 N–H and O–H groups in total. The smallest absolute Gasteiger partial charge is 0.244 e. The van der Waals surface area contributed by atoms with Gasteiger partial charge in [-0.25, -0.2) is 0 Å². The lowest BCUT2D eigenvalue weighted by Gasteiger charge is -2.23. The number of aromatic nitrogens is 2. The third-order valence-electron chi connectivity index (χ3n) is 5.22. The van der Waals surface area contributed by atoms with Gasteiger partial charge < -0.3 is 10.5 Å². The van der Waals surface area contributed by atoms with Crippen LogP contribution in [0.5, 0.6) is 5.88 Å². The van der Waals surface area contributed by atoms with Crippen molar-refractivity contribution in [2.45, 2.75) is 64.2 Å². The highest BCUT2D eigenvalue weighted by molar-refractivity contribution is 5.68. The molecule has 5 nitrogen and oxygen atoms in total. The summed E-state index contributed by atoms with van der Waals surface area (Å²) in [6.45, 7) is 2.23. The highest BCUT2D eigenvalue weighted by atomic mass is 16.5.